The predicted octanol–water partition coefficient (Wildman–Crippen LogP) is 1.44. The smallest absolute Gasteiger partial charge is 0.318 e. The number of hydrogen-bond acceptors (Lipinski definition) is 3. The third-order valence-corrected chi connectivity index (χ3v) is 2.92. The molecular formula is C13H15N3O3. The normalized spacial score (nSPS) is 13.8. The van der Waals surface area contributed by atoms with Crippen molar-refractivity contribution in [2.45, 2.75) is 19.9 Å². The number of carbonyl (C=O) groups excluding carboxylic acids is 3. The number of benzene rings is 1. The van der Waals surface area contributed by atoms with Gasteiger partial charge in [-0.25, -0.2) is 4.79 Å². The highest BCUT2D eigenvalue weighted by Gasteiger charge is 2.37. The second-order valence-corrected chi connectivity index (χ2v) is 4.54. The summed E-state index contributed by atoms with van der Waals surface area (Å²) in [6.45, 7) is 3.57. The summed E-state index contributed by atoms with van der Waals surface area (Å²) < 4.78 is 0. The average Bonchev–Trinajstić information content (AvgIpc) is 2.61. The molecule has 0 saturated heterocycles. The van der Waals surface area contributed by atoms with Crippen molar-refractivity contribution in [2.24, 2.45) is 0 Å². The Morgan fingerprint density at radius 3 is 2.37 bits per heavy atom. The lowest BCUT2D eigenvalue weighted by Gasteiger charge is -2.17. The van der Waals surface area contributed by atoms with E-state index < -0.39 is 0 Å². The van der Waals surface area contributed by atoms with E-state index in [9.17, 15) is 14.4 Å². The van der Waals surface area contributed by atoms with Gasteiger partial charge in [0.1, 0.15) is 0 Å². The molecule has 100 valence electrons. The number of nitrogens with one attached hydrogen (secondary N) is 2. The van der Waals surface area contributed by atoms with Gasteiger partial charge in [-0.05, 0) is 32.0 Å². The highest BCUT2D eigenvalue weighted by Crippen LogP contribution is 2.27. The Hall–Kier alpha value is -2.37. The molecule has 6 nitrogen and oxygen atoms in total. The van der Waals surface area contributed by atoms with Gasteiger partial charge < -0.3 is 10.6 Å². The molecule has 0 fully saturated rings. The number of amides is 4. The number of carbonyl (C=O) groups is 3. The van der Waals surface area contributed by atoms with Gasteiger partial charge in [0.05, 0.1) is 11.1 Å². The van der Waals surface area contributed by atoms with Crippen LogP contribution in [-0.2, 0) is 0 Å². The van der Waals surface area contributed by atoms with Crippen LogP contribution in [0.2, 0.25) is 0 Å². The highest BCUT2D eigenvalue weighted by molar-refractivity contribution is 6.22. The maximum Gasteiger partial charge on any atom is 0.318 e. The van der Waals surface area contributed by atoms with E-state index in [1.165, 1.54) is 18.0 Å². The van der Waals surface area contributed by atoms with Gasteiger partial charge in [-0.15, -0.1) is 0 Å². The Morgan fingerprint density at radius 2 is 1.79 bits per heavy atom. The van der Waals surface area contributed by atoms with Crippen molar-refractivity contribution in [2.75, 3.05) is 12.4 Å². The Kier molecular flexibility index (Phi) is 3.25. The first kappa shape index (κ1) is 13.1. The van der Waals surface area contributed by atoms with E-state index in [4.69, 9.17) is 0 Å². The lowest BCUT2D eigenvalue weighted by atomic mass is 10.1. The summed E-state index contributed by atoms with van der Waals surface area (Å²) in [4.78, 5) is 36.6. The van der Waals surface area contributed by atoms with Crippen LogP contribution >= 0.6 is 0 Å². The van der Waals surface area contributed by atoms with Gasteiger partial charge in [-0.2, -0.15) is 0 Å². The van der Waals surface area contributed by atoms with Crippen LogP contribution in [0.3, 0.4) is 0 Å². The largest absolute Gasteiger partial charge is 0.341 e. The zero-order valence-corrected chi connectivity index (χ0v) is 11.0. The van der Waals surface area contributed by atoms with Crippen LogP contribution in [0.4, 0.5) is 10.5 Å². The Balaban J connectivity index is 2.36. The second kappa shape index (κ2) is 4.72. The molecule has 0 atom stereocenters. The zero-order chi connectivity index (χ0) is 14.2. The molecule has 1 aliphatic heterocycles. The first-order chi connectivity index (χ1) is 8.95. The van der Waals surface area contributed by atoms with Crippen LogP contribution in [0.15, 0.2) is 18.2 Å². The third kappa shape index (κ3) is 2.16. The van der Waals surface area contributed by atoms with Gasteiger partial charge in [0.2, 0.25) is 0 Å². The number of hydrogen-bond donors (Lipinski definition) is 2. The van der Waals surface area contributed by atoms with Crippen molar-refractivity contribution in [3.8, 4) is 0 Å². The number of imide groups is 1. The Labute approximate surface area is 110 Å². The van der Waals surface area contributed by atoms with Crippen LogP contribution in [0.1, 0.15) is 34.6 Å². The van der Waals surface area contributed by atoms with Crippen molar-refractivity contribution in [3.63, 3.8) is 0 Å². The van der Waals surface area contributed by atoms with E-state index in [1.807, 2.05) is 0 Å². The van der Waals surface area contributed by atoms with E-state index in [0.29, 0.717) is 16.8 Å². The van der Waals surface area contributed by atoms with Crippen molar-refractivity contribution >= 4 is 23.5 Å². The molecule has 0 bridgehead atoms. The molecule has 1 aromatic rings. The van der Waals surface area contributed by atoms with Gasteiger partial charge in [-0.1, -0.05) is 0 Å². The predicted molar refractivity (Wildman–Crippen MR) is 70.2 cm³/mol. The molecule has 0 radical (unpaired) electrons. The Morgan fingerprint density at radius 1 is 1.16 bits per heavy atom. The molecule has 4 amide bonds. The van der Waals surface area contributed by atoms with Gasteiger partial charge in [0, 0.05) is 18.8 Å². The minimum Gasteiger partial charge on any atom is -0.341 e. The topological polar surface area (TPSA) is 78.5 Å². The molecule has 2 rings (SSSR count). The molecule has 1 aromatic carbocycles. The number of rotatable bonds is 2. The molecule has 0 unspecified atom stereocenters. The molecule has 6 heteroatoms. The standard InChI is InChI=1S/C13H15N3O3/c1-7(2)16-11(17)9-5-4-8(15-13(19)14-3)6-10(9)12(16)18/h4-7H,1-3H3,(H2,14,15,19). The maximum absolute atomic E-state index is 12.1. The quantitative estimate of drug-likeness (QED) is 0.791. The SMILES string of the molecule is CNC(=O)Nc1ccc2c(c1)C(=O)N(C(C)C)C2=O. The van der Waals surface area contributed by atoms with Crippen LogP contribution < -0.4 is 10.6 Å². The number of fused-ring (bicyclic) bond motifs is 1. The van der Waals surface area contributed by atoms with Crippen LogP contribution in [0, 0.1) is 0 Å². The van der Waals surface area contributed by atoms with Gasteiger partial charge in [0.25, 0.3) is 11.8 Å². The Bertz CT molecular complexity index is 566. The molecule has 1 aliphatic rings. The minimum absolute atomic E-state index is 0.192. The summed E-state index contributed by atoms with van der Waals surface area (Å²) in [6, 6.07) is 4.11. The monoisotopic (exact) mass is 261 g/mol. The highest BCUT2D eigenvalue weighted by atomic mass is 16.2. The molecule has 2 N–H and O–H groups in total. The van der Waals surface area contributed by atoms with E-state index >= 15 is 0 Å². The van der Waals surface area contributed by atoms with E-state index in [-0.39, 0.29) is 23.9 Å². The first-order valence-electron chi connectivity index (χ1n) is 5.96. The van der Waals surface area contributed by atoms with E-state index in [2.05, 4.69) is 10.6 Å². The van der Waals surface area contributed by atoms with Crippen LogP contribution in [0.5, 0.6) is 0 Å². The summed E-state index contributed by atoms with van der Waals surface area (Å²) in [6.07, 6.45) is 0. The molecule has 0 aromatic heterocycles. The number of nitrogens with zero attached hydrogens (tertiary/aromatic N) is 1. The average molecular weight is 261 g/mol. The van der Waals surface area contributed by atoms with Crippen molar-refractivity contribution in [1.82, 2.24) is 10.2 Å². The van der Waals surface area contributed by atoms with E-state index in [1.54, 1.807) is 26.0 Å². The third-order valence-electron chi connectivity index (χ3n) is 2.92. The number of urea groups is 1. The zero-order valence-electron chi connectivity index (χ0n) is 11.0. The summed E-state index contributed by atoms with van der Waals surface area (Å²) in [5.74, 6) is -0.614. The fourth-order valence-electron chi connectivity index (χ4n) is 2.00. The van der Waals surface area contributed by atoms with Gasteiger partial charge in [0.15, 0.2) is 0 Å². The lowest BCUT2D eigenvalue weighted by molar-refractivity contribution is 0.0609. The molecular weight excluding hydrogens is 246 g/mol. The summed E-state index contributed by atoms with van der Waals surface area (Å²) in [5, 5.41) is 4.98. The van der Waals surface area contributed by atoms with Crippen LogP contribution in [-0.4, -0.2) is 35.8 Å². The summed E-state index contributed by atoms with van der Waals surface area (Å²) in [5.41, 5.74) is 1.18. The summed E-state index contributed by atoms with van der Waals surface area (Å²) in [7, 11) is 1.50. The maximum atomic E-state index is 12.1. The van der Waals surface area contributed by atoms with Crippen LogP contribution in [0.25, 0.3) is 0 Å². The first-order valence-corrected chi connectivity index (χ1v) is 5.96. The summed E-state index contributed by atoms with van der Waals surface area (Å²) >= 11 is 0. The minimum atomic E-state index is -0.377. The molecule has 0 spiro atoms. The van der Waals surface area contributed by atoms with E-state index in [0.717, 1.165) is 0 Å². The molecule has 1 heterocycles. The second-order valence-electron chi connectivity index (χ2n) is 4.54. The van der Waals surface area contributed by atoms with Crippen molar-refractivity contribution < 1.29 is 14.4 Å². The molecule has 19 heavy (non-hydrogen) atoms. The molecule has 0 saturated carbocycles. The fraction of sp³-hybridized carbons (Fsp3) is 0.308. The van der Waals surface area contributed by atoms with Crippen molar-refractivity contribution in [1.29, 1.82) is 0 Å². The molecule has 0 aliphatic carbocycles. The lowest BCUT2D eigenvalue weighted by Crippen LogP contribution is -2.35. The number of anilines is 1. The fourth-order valence-corrected chi connectivity index (χ4v) is 2.00. The van der Waals surface area contributed by atoms with Gasteiger partial charge in [-0.3, -0.25) is 14.5 Å². The van der Waals surface area contributed by atoms with Crippen molar-refractivity contribution in [3.05, 3.63) is 29.3 Å². The van der Waals surface area contributed by atoms with Gasteiger partial charge >= 0.3 is 6.03 Å².